The molecular formula is C12H23NO. The molecule has 1 aliphatic carbocycles. The first-order chi connectivity index (χ1) is 6.41. The number of ketones is 1. The van der Waals surface area contributed by atoms with Gasteiger partial charge < -0.3 is 5.73 Å². The molecule has 2 N–H and O–H groups in total. The van der Waals surface area contributed by atoms with Crippen LogP contribution in [0.5, 0.6) is 0 Å². The Bertz CT molecular complexity index is 206. The van der Waals surface area contributed by atoms with Gasteiger partial charge in [-0.2, -0.15) is 0 Å². The first-order valence-corrected chi connectivity index (χ1v) is 5.67. The number of carbonyl (C=O) groups excluding carboxylic acids is 1. The van der Waals surface area contributed by atoms with Crippen LogP contribution in [0.15, 0.2) is 0 Å². The van der Waals surface area contributed by atoms with E-state index in [2.05, 4.69) is 13.8 Å². The molecule has 0 aromatic rings. The van der Waals surface area contributed by atoms with Gasteiger partial charge in [-0.15, -0.1) is 0 Å². The minimum atomic E-state index is -0.260. The zero-order valence-electron chi connectivity index (χ0n) is 9.68. The number of rotatable bonds is 6. The van der Waals surface area contributed by atoms with Crippen LogP contribution in [0.25, 0.3) is 0 Å². The molecule has 0 radical (unpaired) electrons. The van der Waals surface area contributed by atoms with E-state index in [0.717, 1.165) is 12.3 Å². The van der Waals surface area contributed by atoms with E-state index in [1.165, 1.54) is 25.7 Å². The van der Waals surface area contributed by atoms with Gasteiger partial charge >= 0.3 is 0 Å². The van der Waals surface area contributed by atoms with Crippen molar-refractivity contribution in [3.05, 3.63) is 0 Å². The fraction of sp³-hybridized carbons (Fsp3) is 0.917. The summed E-state index contributed by atoms with van der Waals surface area (Å²) in [6, 6.07) is -0.260. The van der Waals surface area contributed by atoms with Gasteiger partial charge in [-0.3, -0.25) is 4.79 Å². The van der Waals surface area contributed by atoms with Crippen LogP contribution >= 0.6 is 0 Å². The van der Waals surface area contributed by atoms with Crippen LogP contribution in [0.2, 0.25) is 0 Å². The van der Waals surface area contributed by atoms with Crippen molar-refractivity contribution in [2.75, 3.05) is 0 Å². The molecule has 0 heterocycles. The van der Waals surface area contributed by atoms with E-state index in [4.69, 9.17) is 5.73 Å². The van der Waals surface area contributed by atoms with Gasteiger partial charge in [0, 0.05) is 0 Å². The first kappa shape index (κ1) is 11.7. The Morgan fingerprint density at radius 1 is 1.50 bits per heavy atom. The average Bonchev–Trinajstić information content (AvgIpc) is 2.82. The Morgan fingerprint density at radius 3 is 2.50 bits per heavy atom. The number of hydrogen-bond donors (Lipinski definition) is 1. The summed E-state index contributed by atoms with van der Waals surface area (Å²) in [5.74, 6) is 1.09. The van der Waals surface area contributed by atoms with Crippen molar-refractivity contribution < 1.29 is 4.79 Å². The Kier molecular flexibility index (Phi) is 3.71. The fourth-order valence-electron chi connectivity index (χ4n) is 1.84. The molecule has 0 saturated heterocycles. The molecule has 1 unspecified atom stereocenters. The summed E-state index contributed by atoms with van der Waals surface area (Å²) in [5, 5.41) is 0. The predicted octanol–water partition coefficient (Wildman–Crippen LogP) is 2.51. The molecule has 1 saturated carbocycles. The molecule has 14 heavy (non-hydrogen) atoms. The highest BCUT2D eigenvalue weighted by molar-refractivity contribution is 5.81. The standard InChI is InChI=1S/C12H23NO/c1-9(14)11(13)8-12(2,3)7-6-10-4-5-10/h10-11H,4-8,13H2,1-3H3. The molecule has 1 atom stereocenters. The zero-order valence-corrected chi connectivity index (χ0v) is 9.68. The summed E-state index contributed by atoms with van der Waals surface area (Å²) in [5.41, 5.74) is 6.00. The van der Waals surface area contributed by atoms with E-state index in [-0.39, 0.29) is 17.2 Å². The molecule has 1 aliphatic rings. The van der Waals surface area contributed by atoms with Gasteiger partial charge in [-0.25, -0.2) is 0 Å². The van der Waals surface area contributed by atoms with Crippen LogP contribution in [0.4, 0.5) is 0 Å². The lowest BCUT2D eigenvalue weighted by Crippen LogP contribution is -2.33. The monoisotopic (exact) mass is 197 g/mol. The van der Waals surface area contributed by atoms with Crippen LogP contribution in [-0.2, 0) is 4.79 Å². The van der Waals surface area contributed by atoms with Crippen molar-refractivity contribution in [3.8, 4) is 0 Å². The third kappa shape index (κ3) is 4.23. The maximum atomic E-state index is 11.0. The van der Waals surface area contributed by atoms with E-state index < -0.39 is 0 Å². The van der Waals surface area contributed by atoms with Gasteiger partial charge in [0.15, 0.2) is 0 Å². The minimum Gasteiger partial charge on any atom is -0.322 e. The van der Waals surface area contributed by atoms with Crippen molar-refractivity contribution in [1.82, 2.24) is 0 Å². The molecule has 2 nitrogen and oxygen atoms in total. The second-order valence-corrected chi connectivity index (χ2v) is 5.57. The lowest BCUT2D eigenvalue weighted by molar-refractivity contribution is -0.118. The molecule has 0 aromatic heterocycles. The molecule has 0 spiro atoms. The Balaban J connectivity index is 2.27. The highest BCUT2D eigenvalue weighted by atomic mass is 16.1. The van der Waals surface area contributed by atoms with Gasteiger partial charge in [0.1, 0.15) is 5.78 Å². The molecule has 0 bridgehead atoms. The van der Waals surface area contributed by atoms with Crippen molar-refractivity contribution in [3.63, 3.8) is 0 Å². The molecule has 0 amide bonds. The summed E-state index contributed by atoms with van der Waals surface area (Å²) in [4.78, 5) is 11.0. The van der Waals surface area contributed by atoms with Crippen molar-refractivity contribution >= 4 is 5.78 Å². The maximum absolute atomic E-state index is 11.0. The molecule has 82 valence electrons. The van der Waals surface area contributed by atoms with E-state index in [1.54, 1.807) is 6.92 Å². The summed E-state index contributed by atoms with van der Waals surface area (Å²) in [6.07, 6.45) is 6.18. The number of Topliss-reactive ketones (excluding diaryl/α,β-unsaturated/α-hetero) is 1. The smallest absolute Gasteiger partial charge is 0.146 e. The molecule has 0 aromatic carbocycles. The first-order valence-electron chi connectivity index (χ1n) is 5.67. The topological polar surface area (TPSA) is 43.1 Å². The van der Waals surface area contributed by atoms with Gasteiger partial charge in [0.05, 0.1) is 6.04 Å². The predicted molar refractivity (Wildman–Crippen MR) is 59.0 cm³/mol. The molecule has 2 heteroatoms. The lowest BCUT2D eigenvalue weighted by Gasteiger charge is -2.27. The third-order valence-electron chi connectivity index (χ3n) is 3.22. The van der Waals surface area contributed by atoms with Crippen LogP contribution < -0.4 is 5.73 Å². The number of nitrogens with two attached hydrogens (primary N) is 1. The largest absolute Gasteiger partial charge is 0.322 e. The van der Waals surface area contributed by atoms with Gasteiger partial charge in [-0.05, 0) is 37.5 Å². The van der Waals surface area contributed by atoms with Crippen molar-refractivity contribution in [2.45, 2.75) is 58.9 Å². The third-order valence-corrected chi connectivity index (χ3v) is 3.22. The average molecular weight is 197 g/mol. The van der Waals surface area contributed by atoms with Gasteiger partial charge in [-0.1, -0.05) is 26.7 Å². The van der Waals surface area contributed by atoms with Crippen LogP contribution in [-0.4, -0.2) is 11.8 Å². The summed E-state index contributed by atoms with van der Waals surface area (Å²) in [6.45, 7) is 6.03. The van der Waals surface area contributed by atoms with E-state index >= 15 is 0 Å². The lowest BCUT2D eigenvalue weighted by atomic mass is 9.80. The summed E-state index contributed by atoms with van der Waals surface area (Å²) < 4.78 is 0. The highest BCUT2D eigenvalue weighted by Gasteiger charge is 2.27. The minimum absolute atomic E-state index is 0.115. The van der Waals surface area contributed by atoms with Crippen LogP contribution in [0.3, 0.4) is 0 Å². The van der Waals surface area contributed by atoms with Crippen molar-refractivity contribution in [2.24, 2.45) is 17.1 Å². The molecule has 1 fully saturated rings. The van der Waals surface area contributed by atoms with Crippen molar-refractivity contribution in [1.29, 1.82) is 0 Å². The zero-order chi connectivity index (χ0) is 10.8. The summed E-state index contributed by atoms with van der Waals surface area (Å²) >= 11 is 0. The molecule has 0 aliphatic heterocycles. The quantitative estimate of drug-likeness (QED) is 0.711. The van der Waals surface area contributed by atoms with Gasteiger partial charge in [0.2, 0.25) is 0 Å². The second kappa shape index (κ2) is 4.43. The van der Waals surface area contributed by atoms with E-state index in [9.17, 15) is 4.79 Å². The van der Waals surface area contributed by atoms with Crippen LogP contribution in [0.1, 0.15) is 52.9 Å². The second-order valence-electron chi connectivity index (χ2n) is 5.57. The fourth-order valence-corrected chi connectivity index (χ4v) is 1.84. The maximum Gasteiger partial charge on any atom is 0.146 e. The van der Waals surface area contributed by atoms with E-state index in [0.29, 0.717) is 0 Å². The highest BCUT2D eigenvalue weighted by Crippen LogP contribution is 2.38. The normalized spacial score (nSPS) is 19.4. The van der Waals surface area contributed by atoms with E-state index in [1.807, 2.05) is 0 Å². The SMILES string of the molecule is CC(=O)C(N)CC(C)(C)CCC1CC1. The molecule has 1 rings (SSSR count). The molecular weight excluding hydrogens is 174 g/mol. The van der Waals surface area contributed by atoms with Crippen LogP contribution in [0, 0.1) is 11.3 Å². The Morgan fingerprint density at radius 2 is 2.07 bits per heavy atom. The number of hydrogen-bond acceptors (Lipinski definition) is 2. The Hall–Kier alpha value is -0.370. The Labute approximate surface area is 87.2 Å². The van der Waals surface area contributed by atoms with Gasteiger partial charge in [0.25, 0.3) is 0 Å². The number of carbonyl (C=O) groups is 1. The summed E-state index contributed by atoms with van der Waals surface area (Å²) in [7, 11) is 0.